The zero-order valence-electron chi connectivity index (χ0n) is 7.14. The third kappa shape index (κ3) is 2.60. The van der Waals surface area contributed by atoms with Crippen LogP contribution >= 0.6 is 11.5 Å². The Morgan fingerprint density at radius 1 is 1.57 bits per heavy atom. The van der Waals surface area contributed by atoms with Gasteiger partial charge in [0.25, 0.3) is 0 Å². The van der Waals surface area contributed by atoms with Crippen LogP contribution < -0.4 is 5.32 Å². The van der Waals surface area contributed by atoms with Crippen LogP contribution in [0.25, 0.3) is 0 Å². The number of hydrogen-bond donors (Lipinski definition) is 1. The minimum Gasteiger partial charge on any atom is -0.366 e. The molecule has 14 heavy (non-hydrogen) atoms. The lowest BCUT2D eigenvalue weighted by Crippen LogP contribution is -2.21. The molecule has 0 spiro atoms. The van der Waals surface area contributed by atoms with E-state index in [1.165, 1.54) is 0 Å². The lowest BCUT2D eigenvalue weighted by molar-refractivity contribution is -0.115. The number of hydrogen-bond acceptors (Lipinski definition) is 4. The summed E-state index contributed by atoms with van der Waals surface area (Å²) >= 11 is 0.858. The molecule has 0 fully saturated rings. The quantitative estimate of drug-likeness (QED) is 0.833. The van der Waals surface area contributed by atoms with E-state index in [0.29, 0.717) is 5.69 Å². The van der Waals surface area contributed by atoms with Gasteiger partial charge in [-0.25, -0.2) is 0 Å². The maximum atomic E-state index is 11.8. The maximum Gasteiger partial charge on any atom is 0.405 e. The second kappa shape index (κ2) is 3.84. The van der Waals surface area contributed by atoms with E-state index in [2.05, 4.69) is 9.69 Å². The van der Waals surface area contributed by atoms with Crippen molar-refractivity contribution in [2.75, 3.05) is 11.9 Å². The monoisotopic (exact) mass is 221 g/mol. The Morgan fingerprint density at radius 3 is 2.71 bits per heavy atom. The van der Waals surface area contributed by atoms with Crippen molar-refractivity contribution in [3.63, 3.8) is 0 Å². The second-order valence-electron chi connectivity index (χ2n) is 2.55. The molecule has 1 N–H and O–H groups in total. The first-order chi connectivity index (χ1) is 6.44. The molecule has 0 aliphatic heterocycles. The normalized spacial score (nSPS) is 11.1. The number of alkyl halides is 3. The topological polar surface area (TPSA) is 48.7 Å². The van der Waals surface area contributed by atoms with Gasteiger partial charge in [-0.05, 0) is 18.5 Å². The summed E-state index contributed by atoms with van der Waals surface area (Å²) in [5.41, 5.74) is 0.626. The van der Waals surface area contributed by atoms with Gasteiger partial charge in [0.05, 0.1) is 5.69 Å². The van der Waals surface area contributed by atoms with Crippen LogP contribution in [0.4, 0.5) is 18.2 Å². The SMILES string of the molecule is Cc1nsc(NCC(F)(F)F)c1C#N. The molecule has 0 aromatic carbocycles. The summed E-state index contributed by atoms with van der Waals surface area (Å²) in [5, 5.41) is 10.9. The van der Waals surface area contributed by atoms with Gasteiger partial charge in [0.2, 0.25) is 0 Å². The summed E-state index contributed by atoms with van der Waals surface area (Å²) in [6.07, 6.45) is -4.29. The van der Waals surface area contributed by atoms with Crippen molar-refractivity contribution in [1.29, 1.82) is 5.26 Å². The van der Waals surface area contributed by atoms with Crippen LogP contribution in [0, 0.1) is 18.3 Å². The molecule has 1 aromatic rings. The zero-order chi connectivity index (χ0) is 10.8. The average Bonchev–Trinajstić information content (AvgIpc) is 2.41. The molecule has 0 atom stereocenters. The molecule has 1 rings (SSSR count). The van der Waals surface area contributed by atoms with Gasteiger partial charge in [-0.3, -0.25) is 0 Å². The maximum absolute atomic E-state index is 11.8. The first-order valence-electron chi connectivity index (χ1n) is 3.61. The van der Waals surface area contributed by atoms with Gasteiger partial charge in [-0.15, -0.1) is 0 Å². The van der Waals surface area contributed by atoms with Crippen molar-refractivity contribution >= 4 is 16.5 Å². The van der Waals surface area contributed by atoms with Gasteiger partial charge >= 0.3 is 6.18 Å². The Morgan fingerprint density at radius 2 is 2.21 bits per heavy atom. The largest absolute Gasteiger partial charge is 0.405 e. The fourth-order valence-corrected chi connectivity index (χ4v) is 1.54. The van der Waals surface area contributed by atoms with Crippen LogP contribution in [0.2, 0.25) is 0 Å². The lowest BCUT2D eigenvalue weighted by atomic mass is 10.3. The fraction of sp³-hybridized carbons (Fsp3) is 0.429. The van der Waals surface area contributed by atoms with Crippen molar-refractivity contribution in [2.45, 2.75) is 13.1 Å². The number of nitrogens with zero attached hydrogens (tertiary/aromatic N) is 2. The van der Waals surface area contributed by atoms with Gasteiger partial charge in [-0.1, -0.05) is 0 Å². The van der Waals surface area contributed by atoms with Crippen LogP contribution in [0.3, 0.4) is 0 Å². The molecule has 7 heteroatoms. The van der Waals surface area contributed by atoms with Crippen molar-refractivity contribution in [3.05, 3.63) is 11.3 Å². The number of rotatable bonds is 2. The van der Waals surface area contributed by atoms with Gasteiger partial charge in [-0.2, -0.15) is 22.8 Å². The van der Waals surface area contributed by atoms with E-state index in [9.17, 15) is 13.2 Å². The Kier molecular flexibility index (Phi) is 2.96. The Hall–Kier alpha value is -1.29. The van der Waals surface area contributed by atoms with Gasteiger partial charge < -0.3 is 5.32 Å². The lowest BCUT2D eigenvalue weighted by Gasteiger charge is -2.06. The van der Waals surface area contributed by atoms with Crippen LogP contribution in [0.5, 0.6) is 0 Å². The minimum absolute atomic E-state index is 0.169. The summed E-state index contributed by atoms with van der Waals surface area (Å²) in [5.74, 6) is 0. The van der Waals surface area contributed by atoms with Gasteiger partial charge in [0.1, 0.15) is 23.2 Å². The molecule has 3 nitrogen and oxygen atoms in total. The van der Waals surface area contributed by atoms with Crippen LogP contribution in [0.1, 0.15) is 11.3 Å². The highest BCUT2D eigenvalue weighted by molar-refractivity contribution is 7.10. The number of nitriles is 1. The third-order valence-corrected chi connectivity index (χ3v) is 2.32. The Bertz CT molecular complexity index is 363. The first kappa shape index (κ1) is 10.8. The van der Waals surface area contributed by atoms with E-state index in [1.807, 2.05) is 0 Å². The highest BCUT2D eigenvalue weighted by atomic mass is 32.1. The van der Waals surface area contributed by atoms with Crippen molar-refractivity contribution in [3.8, 4) is 6.07 Å². The van der Waals surface area contributed by atoms with Gasteiger partial charge in [0, 0.05) is 0 Å². The fourth-order valence-electron chi connectivity index (χ4n) is 0.803. The van der Waals surface area contributed by atoms with Crippen molar-refractivity contribution in [2.24, 2.45) is 0 Å². The molecular formula is C7H6F3N3S. The molecule has 76 valence electrons. The van der Waals surface area contributed by atoms with Crippen molar-refractivity contribution < 1.29 is 13.2 Å². The average molecular weight is 221 g/mol. The number of aryl methyl sites for hydroxylation is 1. The van der Waals surface area contributed by atoms with E-state index < -0.39 is 12.7 Å². The molecular weight excluding hydrogens is 215 g/mol. The summed E-state index contributed by atoms with van der Waals surface area (Å²) in [4.78, 5) is 0. The third-order valence-electron chi connectivity index (χ3n) is 1.42. The Labute approximate surface area is 82.3 Å². The predicted molar refractivity (Wildman–Crippen MR) is 46.1 cm³/mol. The molecule has 0 aliphatic rings. The molecule has 0 amide bonds. The van der Waals surface area contributed by atoms with Crippen LogP contribution in [-0.4, -0.2) is 17.1 Å². The first-order valence-corrected chi connectivity index (χ1v) is 4.38. The molecule has 1 heterocycles. The molecule has 0 aliphatic carbocycles. The summed E-state index contributed by atoms with van der Waals surface area (Å²) in [6.45, 7) is 0.428. The Balaban J connectivity index is 2.74. The zero-order valence-corrected chi connectivity index (χ0v) is 7.96. The van der Waals surface area contributed by atoms with E-state index in [4.69, 9.17) is 5.26 Å². The van der Waals surface area contributed by atoms with E-state index in [-0.39, 0.29) is 10.6 Å². The molecule has 1 aromatic heterocycles. The standard InChI is InChI=1S/C7H6F3N3S/c1-4-5(2-11)6(14-13-4)12-3-7(8,9)10/h12H,3H2,1H3. The number of nitrogens with one attached hydrogen (secondary N) is 1. The van der Waals surface area contributed by atoms with Crippen LogP contribution in [0.15, 0.2) is 0 Å². The van der Waals surface area contributed by atoms with E-state index in [0.717, 1.165) is 11.5 Å². The molecule has 0 saturated heterocycles. The van der Waals surface area contributed by atoms with Crippen molar-refractivity contribution in [1.82, 2.24) is 4.37 Å². The highest BCUT2D eigenvalue weighted by Gasteiger charge is 2.27. The van der Waals surface area contributed by atoms with Crippen LogP contribution in [-0.2, 0) is 0 Å². The number of anilines is 1. The number of halogens is 3. The van der Waals surface area contributed by atoms with Gasteiger partial charge in [0.15, 0.2) is 0 Å². The van der Waals surface area contributed by atoms with E-state index in [1.54, 1.807) is 13.0 Å². The smallest absolute Gasteiger partial charge is 0.366 e. The summed E-state index contributed by atoms with van der Waals surface area (Å²) in [6, 6.07) is 1.80. The molecule has 0 bridgehead atoms. The van der Waals surface area contributed by atoms with E-state index >= 15 is 0 Å². The second-order valence-corrected chi connectivity index (χ2v) is 3.33. The predicted octanol–water partition coefficient (Wildman–Crippen LogP) is 2.30. The molecule has 0 saturated carbocycles. The molecule has 0 radical (unpaired) electrons. The minimum atomic E-state index is -4.29. The number of aromatic nitrogens is 1. The molecule has 0 unspecified atom stereocenters. The summed E-state index contributed by atoms with van der Waals surface area (Å²) in [7, 11) is 0. The summed E-state index contributed by atoms with van der Waals surface area (Å²) < 4.78 is 39.2. The highest BCUT2D eigenvalue weighted by Crippen LogP contribution is 2.25.